The van der Waals surface area contributed by atoms with E-state index in [4.69, 9.17) is 24.4 Å². The first kappa shape index (κ1) is 28.5. The van der Waals surface area contributed by atoms with E-state index in [1.807, 2.05) is 72.8 Å². The summed E-state index contributed by atoms with van der Waals surface area (Å²) in [4.78, 5) is 20.5. The van der Waals surface area contributed by atoms with E-state index < -0.39 is 0 Å². The van der Waals surface area contributed by atoms with Crippen LogP contribution in [-0.4, -0.2) is 19.9 Å². The molecule has 0 amide bonds. The maximum atomic E-state index is 6.38. The molecule has 4 aromatic heterocycles. The van der Waals surface area contributed by atoms with Crippen LogP contribution in [0.3, 0.4) is 0 Å². The summed E-state index contributed by atoms with van der Waals surface area (Å²) < 4.78 is 8.75. The second-order valence-corrected chi connectivity index (χ2v) is 13.3. The lowest BCUT2D eigenvalue weighted by atomic mass is 10.0. The lowest BCUT2D eigenvalue weighted by Crippen LogP contribution is -1.96. The van der Waals surface area contributed by atoms with Crippen molar-refractivity contribution in [2.24, 2.45) is 0 Å². The molecule has 0 spiro atoms. The largest absolute Gasteiger partial charge is 0.452 e. The summed E-state index contributed by atoms with van der Waals surface area (Å²) in [5.41, 5.74) is 9.83. The fourth-order valence-corrected chi connectivity index (χ4v) is 7.86. The van der Waals surface area contributed by atoms with E-state index in [1.54, 1.807) is 11.3 Å². The molecule has 0 N–H and O–H groups in total. The lowest BCUT2D eigenvalue weighted by Gasteiger charge is -2.10. The summed E-state index contributed by atoms with van der Waals surface area (Å²) in [6.45, 7) is 0. The second kappa shape index (κ2) is 11.6. The summed E-state index contributed by atoms with van der Waals surface area (Å²) >= 11 is 1.78. The van der Waals surface area contributed by atoms with Crippen molar-refractivity contribution in [3.63, 3.8) is 0 Å². The van der Waals surface area contributed by atoms with Crippen molar-refractivity contribution in [1.82, 2.24) is 19.9 Å². The normalized spacial score (nSPS) is 11.6. The molecule has 0 aliphatic heterocycles. The molecule has 234 valence electrons. The Morgan fingerprint density at radius 3 is 1.90 bits per heavy atom. The van der Waals surface area contributed by atoms with E-state index in [0.29, 0.717) is 17.2 Å². The third kappa shape index (κ3) is 4.77. The van der Waals surface area contributed by atoms with E-state index in [9.17, 15) is 0 Å². The molecule has 4 heterocycles. The van der Waals surface area contributed by atoms with Crippen molar-refractivity contribution in [3.8, 4) is 56.5 Å². The number of thiophene rings is 1. The Hall–Kier alpha value is -6.50. The van der Waals surface area contributed by atoms with Crippen LogP contribution in [0.2, 0.25) is 0 Å². The monoisotopic (exact) mass is 658 g/mol. The van der Waals surface area contributed by atoms with Crippen molar-refractivity contribution in [2.75, 3.05) is 0 Å². The SMILES string of the molecule is c1ccc(-c2cc(-c3ccc4sc5cccc(-c6nc(-c7ccccc7)c7oc8ccccc8c7n6)c5c4c3)nc(-c3ccccc3)n2)cc1. The van der Waals surface area contributed by atoms with Crippen molar-refractivity contribution >= 4 is 53.6 Å². The van der Waals surface area contributed by atoms with Crippen molar-refractivity contribution in [2.45, 2.75) is 0 Å². The smallest absolute Gasteiger partial charge is 0.180 e. The Balaban J connectivity index is 1.20. The number of fused-ring (bicyclic) bond motifs is 6. The van der Waals surface area contributed by atoms with Gasteiger partial charge in [0.15, 0.2) is 17.2 Å². The molecule has 5 nitrogen and oxygen atoms in total. The standard InChI is InChI=1S/C44H26N4OS/c1-4-13-27(14-5-1)34-26-35(46-43(45-34)29-17-8-3-9-18-29)30-23-24-37-33(25-30)39-32(20-12-22-38(39)50-37)44-47-40(28-15-6-2-7-16-28)42-41(48-44)31-19-10-11-21-36(31)49-42/h1-26H. The van der Waals surface area contributed by atoms with Gasteiger partial charge in [-0.15, -0.1) is 11.3 Å². The minimum atomic E-state index is 0.665. The summed E-state index contributed by atoms with van der Waals surface area (Å²) in [7, 11) is 0. The van der Waals surface area contributed by atoms with E-state index in [-0.39, 0.29) is 0 Å². The Morgan fingerprint density at radius 1 is 0.440 bits per heavy atom. The fraction of sp³-hybridized carbons (Fsp3) is 0. The summed E-state index contributed by atoms with van der Waals surface area (Å²) in [6.07, 6.45) is 0. The number of para-hydroxylation sites is 1. The third-order valence-corrected chi connectivity index (χ3v) is 10.3. The topological polar surface area (TPSA) is 64.7 Å². The Kier molecular flexibility index (Phi) is 6.60. The van der Waals surface area contributed by atoms with Crippen LogP contribution in [0.5, 0.6) is 0 Å². The predicted molar refractivity (Wildman–Crippen MR) is 205 cm³/mol. The minimum Gasteiger partial charge on any atom is -0.452 e. The average molecular weight is 659 g/mol. The zero-order valence-corrected chi connectivity index (χ0v) is 27.4. The van der Waals surface area contributed by atoms with Crippen LogP contribution in [0, 0.1) is 0 Å². The molecule has 0 saturated carbocycles. The third-order valence-electron chi connectivity index (χ3n) is 9.13. The van der Waals surface area contributed by atoms with Gasteiger partial charge >= 0.3 is 0 Å². The van der Waals surface area contributed by atoms with Crippen LogP contribution in [0.1, 0.15) is 0 Å². The molecule has 0 saturated heterocycles. The van der Waals surface area contributed by atoms with Gasteiger partial charge in [0, 0.05) is 53.4 Å². The van der Waals surface area contributed by atoms with Crippen molar-refractivity contribution in [1.29, 1.82) is 0 Å². The summed E-state index contributed by atoms with van der Waals surface area (Å²) in [5, 5.41) is 3.24. The molecule has 50 heavy (non-hydrogen) atoms. The molecule has 6 aromatic carbocycles. The zero-order valence-electron chi connectivity index (χ0n) is 26.6. The van der Waals surface area contributed by atoms with Gasteiger partial charge in [-0.2, -0.15) is 0 Å². The molecular formula is C44H26N4OS. The van der Waals surface area contributed by atoms with Crippen molar-refractivity contribution in [3.05, 3.63) is 158 Å². The molecule has 10 rings (SSSR count). The second-order valence-electron chi connectivity index (χ2n) is 12.2. The Bertz CT molecular complexity index is 2810. The van der Waals surface area contributed by atoms with Crippen LogP contribution in [0.25, 0.3) is 98.8 Å². The first-order chi connectivity index (χ1) is 24.8. The molecule has 0 aliphatic rings. The van der Waals surface area contributed by atoms with Crippen molar-refractivity contribution < 1.29 is 4.42 Å². The van der Waals surface area contributed by atoms with Gasteiger partial charge < -0.3 is 4.42 Å². The number of nitrogens with zero attached hydrogens (tertiary/aromatic N) is 4. The highest BCUT2D eigenvalue weighted by Crippen LogP contribution is 2.43. The minimum absolute atomic E-state index is 0.665. The molecule has 0 bridgehead atoms. The maximum Gasteiger partial charge on any atom is 0.180 e. The van der Waals surface area contributed by atoms with Crippen LogP contribution in [0.15, 0.2) is 162 Å². The molecule has 0 fully saturated rings. The van der Waals surface area contributed by atoms with Crippen LogP contribution >= 0.6 is 11.3 Å². The number of aromatic nitrogens is 4. The highest BCUT2D eigenvalue weighted by molar-refractivity contribution is 7.26. The summed E-state index contributed by atoms with van der Waals surface area (Å²) in [5.74, 6) is 1.36. The van der Waals surface area contributed by atoms with Crippen LogP contribution in [0.4, 0.5) is 0 Å². The Morgan fingerprint density at radius 2 is 1.12 bits per heavy atom. The number of furan rings is 1. The van der Waals surface area contributed by atoms with Crippen LogP contribution < -0.4 is 0 Å². The number of benzene rings is 6. The first-order valence-electron chi connectivity index (χ1n) is 16.5. The molecule has 0 unspecified atom stereocenters. The zero-order chi connectivity index (χ0) is 33.0. The summed E-state index contributed by atoms with van der Waals surface area (Å²) in [6, 6.07) is 53.8. The Labute approximate surface area is 291 Å². The fourth-order valence-electron chi connectivity index (χ4n) is 6.74. The number of rotatable bonds is 5. The molecular weight excluding hydrogens is 633 g/mol. The van der Waals surface area contributed by atoms with Gasteiger partial charge in [-0.25, -0.2) is 19.9 Å². The van der Waals surface area contributed by atoms with Gasteiger partial charge in [0.1, 0.15) is 16.8 Å². The predicted octanol–water partition coefficient (Wildman–Crippen LogP) is 11.9. The molecule has 0 aliphatic carbocycles. The first-order valence-corrected chi connectivity index (χ1v) is 17.3. The molecule has 10 aromatic rings. The van der Waals surface area contributed by atoms with Crippen LogP contribution in [-0.2, 0) is 0 Å². The highest BCUT2D eigenvalue weighted by Gasteiger charge is 2.21. The number of hydrogen-bond acceptors (Lipinski definition) is 6. The molecule has 0 atom stereocenters. The van der Waals surface area contributed by atoms with E-state index in [0.717, 1.165) is 72.2 Å². The van der Waals surface area contributed by atoms with Gasteiger partial charge in [-0.3, -0.25) is 0 Å². The number of hydrogen-bond donors (Lipinski definition) is 0. The maximum absolute atomic E-state index is 6.38. The highest BCUT2D eigenvalue weighted by atomic mass is 32.1. The van der Waals surface area contributed by atoms with E-state index in [2.05, 4.69) is 84.9 Å². The van der Waals surface area contributed by atoms with Gasteiger partial charge in [0.25, 0.3) is 0 Å². The van der Waals surface area contributed by atoms with Gasteiger partial charge in [-0.05, 0) is 36.4 Å². The van der Waals surface area contributed by atoms with Gasteiger partial charge in [-0.1, -0.05) is 121 Å². The van der Waals surface area contributed by atoms with E-state index in [1.165, 1.54) is 9.40 Å². The van der Waals surface area contributed by atoms with E-state index >= 15 is 0 Å². The molecule has 0 radical (unpaired) electrons. The van der Waals surface area contributed by atoms with Gasteiger partial charge in [0.05, 0.1) is 11.4 Å². The molecule has 6 heteroatoms. The quantitative estimate of drug-likeness (QED) is 0.184. The van der Waals surface area contributed by atoms with Gasteiger partial charge in [0.2, 0.25) is 0 Å². The average Bonchev–Trinajstić information content (AvgIpc) is 3.76. The lowest BCUT2D eigenvalue weighted by molar-refractivity contribution is 0.667.